The molecule has 2 rings (SSSR count). The van der Waals surface area contributed by atoms with E-state index in [4.69, 9.17) is 5.11 Å². The van der Waals surface area contributed by atoms with Crippen molar-refractivity contribution in [1.82, 2.24) is 14.5 Å². The summed E-state index contributed by atoms with van der Waals surface area (Å²) in [6, 6.07) is 3.28. The lowest BCUT2D eigenvalue weighted by atomic mass is 10.3. The van der Waals surface area contributed by atoms with Gasteiger partial charge < -0.3 is 10.1 Å². The van der Waals surface area contributed by atoms with Gasteiger partial charge in [-0.2, -0.15) is 0 Å². The van der Waals surface area contributed by atoms with E-state index in [1.54, 1.807) is 25.3 Å². The molecule has 0 amide bonds. The molecule has 2 N–H and O–H groups in total. The average molecular weight is 193 g/mol. The van der Waals surface area contributed by atoms with Crippen LogP contribution in [0.2, 0.25) is 0 Å². The minimum absolute atomic E-state index is 0.0799. The van der Waals surface area contributed by atoms with Crippen LogP contribution in [0.15, 0.2) is 23.1 Å². The van der Waals surface area contributed by atoms with Gasteiger partial charge in [0.25, 0.3) is 0 Å². The lowest BCUT2D eigenvalue weighted by molar-refractivity contribution is 0.238. The summed E-state index contributed by atoms with van der Waals surface area (Å²) < 4.78 is 1.45. The zero-order valence-electron chi connectivity index (χ0n) is 7.77. The van der Waals surface area contributed by atoms with Gasteiger partial charge in [-0.15, -0.1) is 0 Å². The highest BCUT2D eigenvalue weighted by molar-refractivity contribution is 5.70. The summed E-state index contributed by atoms with van der Waals surface area (Å²) in [4.78, 5) is 18.3. The molecule has 14 heavy (non-hydrogen) atoms. The first-order valence-electron chi connectivity index (χ1n) is 4.40. The third-order valence-corrected chi connectivity index (χ3v) is 2.18. The van der Waals surface area contributed by atoms with Crippen LogP contribution in [0.1, 0.15) is 13.0 Å². The summed E-state index contributed by atoms with van der Waals surface area (Å²) in [7, 11) is 0. The molecule has 0 spiro atoms. The quantitative estimate of drug-likeness (QED) is 0.719. The van der Waals surface area contributed by atoms with Crippen molar-refractivity contribution in [2.24, 2.45) is 0 Å². The number of rotatable bonds is 2. The van der Waals surface area contributed by atoms with E-state index in [1.165, 1.54) is 4.57 Å². The summed E-state index contributed by atoms with van der Waals surface area (Å²) in [5.41, 5.74) is 1.04. The molecule has 5 nitrogen and oxygen atoms in total. The Morgan fingerprint density at radius 2 is 2.50 bits per heavy atom. The number of hydrogen-bond acceptors (Lipinski definition) is 3. The van der Waals surface area contributed by atoms with Gasteiger partial charge in [0.05, 0.1) is 18.2 Å². The molecule has 2 aromatic heterocycles. The lowest BCUT2D eigenvalue weighted by Gasteiger charge is -2.08. The number of nitrogens with one attached hydrogen (secondary N) is 1. The first-order valence-corrected chi connectivity index (χ1v) is 4.40. The fraction of sp³-hybridized carbons (Fsp3) is 0.333. The number of fused-ring (bicyclic) bond motifs is 1. The molecule has 0 aliphatic carbocycles. The van der Waals surface area contributed by atoms with Gasteiger partial charge in [-0.1, -0.05) is 0 Å². The smallest absolute Gasteiger partial charge is 0.328 e. The topological polar surface area (TPSA) is 70.9 Å². The molecule has 0 aliphatic rings. The van der Waals surface area contributed by atoms with Gasteiger partial charge in [0.2, 0.25) is 0 Å². The Kier molecular flexibility index (Phi) is 2.09. The maximum Gasteiger partial charge on any atom is 0.328 e. The van der Waals surface area contributed by atoms with Crippen molar-refractivity contribution in [1.29, 1.82) is 0 Å². The zero-order chi connectivity index (χ0) is 10.1. The predicted octanol–water partition coefficient (Wildman–Crippen LogP) is 0.278. The maximum atomic E-state index is 11.5. The molecule has 0 saturated carbocycles. The van der Waals surface area contributed by atoms with Gasteiger partial charge in [0.15, 0.2) is 5.65 Å². The number of hydrogen-bond donors (Lipinski definition) is 2. The van der Waals surface area contributed by atoms with E-state index in [-0.39, 0.29) is 18.3 Å². The third kappa shape index (κ3) is 1.22. The molecule has 0 bridgehead atoms. The van der Waals surface area contributed by atoms with E-state index in [1.807, 2.05) is 0 Å². The van der Waals surface area contributed by atoms with Gasteiger partial charge in [-0.25, -0.2) is 9.78 Å². The number of aliphatic hydroxyl groups excluding tert-OH is 1. The predicted molar refractivity (Wildman–Crippen MR) is 52.2 cm³/mol. The van der Waals surface area contributed by atoms with E-state index >= 15 is 0 Å². The van der Waals surface area contributed by atoms with Crippen molar-refractivity contribution in [2.75, 3.05) is 6.61 Å². The number of aromatic amines is 1. The maximum absolute atomic E-state index is 11.5. The van der Waals surface area contributed by atoms with Crippen LogP contribution in [0.3, 0.4) is 0 Å². The van der Waals surface area contributed by atoms with Crippen molar-refractivity contribution >= 4 is 11.2 Å². The molecule has 1 unspecified atom stereocenters. The highest BCUT2D eigenvalue weighted by Gasteiger charge is 2.12. The Labute approximate surface area is 80.0 Å². The van der Waals surface area contributed by atoms with Crippen LogP contribution in [0, 0.1) is 0 Å². The summed E-state index contributed by atoms with van der Waals surface area (Å²) in [5.74, 6) is 0. The van der Waals surface area contributed by atoms with Crippen molar-refractivity contribution < 1.29 is 5.11 Å². The second-order valence-corrected chi connectivity index (χ2v) is 3.21. The lowest BCUT2D eigenvalue weighted by Crippen LogP contribution is -2.22. The molecule has 2 heterocycles. The molecule has 0 saturated heterocycles. The van der Waals surface area contributed by atoms with Crippen molar-refractivity contribution in [3.05, 3.63) is 28.8 Å². The SMILES string of the molecule is CC(CO)n1c(=O)[nH]c2cccnc21. The summed E-state index contributed by atoms with van der Waals surface area (Å²) in [5, 5.41) is 8.99. The number of aromatic nitrogens is 3. The number of pyridine rings is 1. The highest BCUT2D eigenvalue weighted by atomic mass is 16.3. The van der Waals surface area contributed by atoms with E-state index in [0.29, 0.717) is 11.2 Å². The van der Waals surface area contributed by atoms with Gasteiger partial charge in [-0.3, -0.25) is 4.57 Å². The Morgan fingerprint density at radius 1 is 1.71 bits per heavy atom. The molecule has 0 aliphatic heterocycles. The Morgan fingerprint density at radius 3 is 3.21 bits per heavy atom. The van der Waals surface area contributed by atoms with E-state index < -0.39 is 0 Å². The standard InChI is InChI=1S/C9H11N3O2/c1-6(5-13)12-8-7(11-9(12)14)3-2-4-10-8/h2-4,6,13H,5H2,1H3,(H,11,14). The normalized spacial score (nSPS) is 13.3. The Bertz CT molecular complexity index is 500. The van der Waals surface area contributed by atoms with Crippen molar-refractivity contribution in [3.8, 4) is 0 Å². The highest BCUT2D eigenvalue weighted by Crippen LogP contribution is 2.10. The van der Waals surface area contributed by atoms with Crippen molar-refractivity contribution in [2.45, 2.75) is 13.0 Å². The Hall–Kier alpha value is -1.62. The second kappa shape index (κ2) is 3.26. The van der Waals surface area contributed by atoms with E-state index in [9.17, 15) is 4.79 Å². The third-order valence-electron chi connectivity index (χ3n) is 2.18. The largest absolute Gasteiger partial charge is 0.394 e. The molecular formula is C9H11N3O2. The van der Waals surface area contributed by atoms with Crippen LogP contribution in [-0.2, 0) is 0 Å². The van der Waals surface area contributed by atoms with Crippen LogP contribution < -0.4 is 5.69 Å². The van der Waals surface area contributed by atoms with Crippen LogP contribution >= 0.6 is 0 Å². The fourth-order valence-corrected chi connectivity index (χ4v) is 1.45. The Balaban J connectivity index is 2.74. The molecule has 0 radical (unpaired) electrons. The van der Waals surface area contributed by atoms with Crippen LogP contribution in [0.4, 0.5) is 0 Å². The van der Waals surface area contributed by atoms with Crippen LogP contribution in [-0.4, -0.2) is 26.2 Å². The summed E-state index contributed by atoms with van der Waals surface area (Å²) in [6.45, 7) is 1.69. The number of nitrogens with zero attached hydrogens (tertiary/aromatic N) is 2. The number of aliphatic hydroxyl groups is 1. The molecule has 5 heteroatoms. The first kappa shape index (κ1) is 8.96. The molecule has 2 aromatic rings. The van der Waals surface area contributed by atoms with Gasteiger partial charge in [-0.05, 0) is 19.1 Å². The van der Waals surface area contributed by atoms with E-state index in [2.05, 4.69) is 9.97 Å². The zero-order valence-corrected chi connectivity index (χ0v) is 7.77. The van der Waals surface area contributed by atoms with Crippen molar-refractivity contribution in [3.63, 3.8) is 0 Å². The average Bonchev–Trinajstić information content (AvgIpc) is 2.53. The first-order chi connectivity index (χ1) is 6.74. The minimum atomic E-state index is -0.258. The molecule has 0 aromatic carbocycles. The molecule has 74 valence electrons. The second-order valence-electron chi connectivity index (χ2n) is 3.21. The van der Waals surface area contributed by atoms with E-state index in [0.717, 1.165) is 0 Å². The van der Waals surface area contributed by atoms with Crippen LogP contribution in [0.25, 0.3) is 11.2 Å². The minimum Gasteiger partial charge on any atom is -0.394 e. The van der Waals surface area contributed by atoms with Gasteiger partial charge >= 0.3 is 5.69 Å². The molecular weight excluding hydrogens is 182 g/mol. The summed E-state index contributed by atoms with van der Waals surface area (Å²) >= 11 is 0. The fourth-order valence-electron chi connectivity index (χ4n) is 1.45. The van der Waals surface area contributed by atoms with Crippen LogP contribution in [0.5, 0.6) is 0 Å². The number of H-pyrrole nitrogens is 1. The van der Waals surface area contributed by atoms with Gasteiger partial charge in [0, 0.05) is 6.20 Å². The molecule has 1 atom stereocenters. The summed E-state index contributed by atoms with van der Waals surface area (Å²) in [6.07, 6.45) is 1.62. The number of imidazole rings is 1. The monoisotopic (exact) mass is 193 g/mol. The molecule has 0 fully saturated rings. The van der Waals surface area contributed by atoms with Gasteiger partial charge in [0.1, 0.15) is 0 Å².